The van der Waals surface area contributed by atoms with Gasteiger partial charge in [0.1, 0.15) is 10.8 Å². The highest BCUT2D eigenvalue weighted by molar-refractivity contribution is 7.14. The van der Waals surface area contributed by atoms with E-state index in [4.69, 9.17) is 10.5 Å². The van der Waals surface area contributed by atoms with Gasteiger partial charge in [0.25, 0.3) is 5.91 Å². The zero-order chi connectivity index (χ0) is 16.4. The van der Waals surface area contributed by atoms with Crippen LogP contribution in [0.3, 0.4) is 0 Å². The Kier molecular flexibility index (Phi) is 4.51. The minimum absolute atomic E-state index is 0.0277. The van der Waals surface area contributed by atoms with Crippen LogP contribution >= 0.6 is 11.3 Å². The standard InChI is InChI=1S/C15H20N4O3S/c1-2-22-15(21)18-6-3-10(4-7-18)19-9-12(16)17-13-11(14(19)20)5-8-23-13/h5,8,10H,2-4,6-7,9H2,1H3,(H2,16,17). The molecule has 1 saturated heterocycles. The maximum absolute atomic E-state index is 12.8. The van der Waals surface area contributed by atoms with Gasteiger partial charge in [-0.2, -0.15) is 0 Å². The second-order valence-electron chi connectivity index (χ2n) is 5.59. The van der Waals surface area contributed by atoms with Gasteiger partial charge in [-0.05, 0) is 31.2 Å². The molecule has 3 rings (SSSR count). The lowest BCUT2D eigenvalue weighted by Crippen LogP contribution is -2.50. The summed E-state index contributed by atoms with van der Waals surface area (Å²) in [6.45, 7) is 3.67. The zero-order valence-electron chi connectivity index (χ0n) is 13.0. The van der Waals surface area contributed by atoms with Gasteiger partial charge < -0.3 is 20.3 Å². The van der Waals surface area contributed by atoms with Crippen molar-refractivity contribution in [1.29, 1.82) is 0 Å². The number of nitrogens with zero attached hydrogens (tertiary/aromatic N) is 3. The summed E-state index contributed by atoms with van der Waals surface area (Å²) in [6, 6.07) is 1.86. The van der Waals surface area contributed by atoms with Crippen LogP contribution in [-0.2, 0) is 4.74 Å². The van der Waals surface area contributed by atoms with Crippen LogP contribution in [0.15, 0.2) is 16.4 Å². The van der Waals surface area contributed by atoms with Crippen LogP contribution in [0.5, 0.6) is 0 Å². The fourth-order valence-electron chi connectivity index (χ4n) is 2.99. The summed E-state index contributed by atoms with van der Waals surface area (Å²) >= 11 is 1.42. The molecule has 8 heteroatoms. The van der Waals surface area contributed by atoms with Gasteiger partial charge >= 0.3 is 6.09 Å². The average molecular weight is 336 g/mol. The van der Waals surface area contributed by atoms with Crippen molar-refractivity contribution in [3.63, 3.8) is 0 Å². The quantitative estimate of drug-likeness (QED) is 0.892. The minimum atomic E-state index is -0.283. The fourth-order valence-corrected chi connectivity index (χ4v) is 3.77. The van der Waals surface area contributed by atoms with Crippen molar-refractivity contribution in [2.45, 2.75) is 25.8 Å². The summed E-state index contributed by atoms with van der Waals surface area (Å²) in [4.78, 5) is 32.3. The number of rotatable bonds is 2. The smallest absolute Gasteiger partial charge is 0.409 e. The van der Waals surface area contributed by atoms with E-state index in [2.05, 4.69) is 4.99 Å². The van der Waals surface area contributed by atoms with E-state index >= 15 is 0 Å². The topological polar surface area (TPSA) is 88.2 Å². The number of fused-ring (bicyclic) bond motifs is 1. The van der Waals surface area contributed by atoms with Crippen LogP contribution < -0.4 is 5.73 Å². The number of amidine groups is 1. The zero-order valence-corrected chi connectivity index (χ0v) is 13.8. The maximum Gasteiger partial charge on any atom is 0.409 e. The minimum Gasteiger partial charge on any atom is -0.450 e. The largest absolute Gasteiger partial charge is 0.450 e. The van der Waals surface area contributed by atoms with Crippen LogP contribution in [0.4, 0.5) is 9.80 Å². The summed E-state index contributed by atoms with van der Waals surface area (Å²) < 4.78 is 5.03. The van der Waals surface area contributed by atoms with E-state index in [1.807, 2.05) is 5.38 Å². The Bertz CT molecular complexity index is 634. The first kappa shape index (κ1) is 15.8. The van der Waals surface area contributed by atoms with Crippen molar-refractivity contribution in [3.8, 4) is 0 Å². The lowest BCUT2D eigenvalue weighted by atomic mass is 10.0. The van der Waals surface area contributed by atoms with Crippen molar-refractivity contribution >= 4 is 34.2 Å². The number of carbonyl (C=O) groups excluding carboxylic acids is 2. The number of nitrogens with two attached hydrogens (primary N) is 1. The molecule has 0 atom stereocenters. The molecule has 0 aromatic carbocycles. The summed E-state index contributed by atoms with van der Waals surface area (Å²) in [5.41, 5.74) is 6.58. The molecule has 124 valence electrons. The molecule has 2 aliphatic heterocycles. The Hall–Kier alpha value is -2.09. The number of amides is 2. The molecule has 2 amide bonds. The second kappa shape index (κ2) is 6.57. The van der Waals surface area contributed by atoms with Gasteiger partial charge in [0.2, 0.25) is 0 Å². The van der Waals surface area contributed by atoms with Gasteiger partial charge in [0, 0.05) is 19.1 Å². The first-order valence-corrected chi connectivity index (χ1v) is 8.61. The maximum atomic E-state index is 12.8. The second-order valence-corrected chi connectivity index (χ2v) is 6.49. The Morgan fingerprint density at radius 1 is 1.48 bits per heavy atom. The van der Waals surface area contributed by atoms with E-state index in [1.165, 1.54) is 11.3 Å². The summed E-state index contributed by atoms with van der Waals surface area (Å²) in [5.74, 6) is 0.424. The fraction of sp³-hybridized carbons (Fsp3) is 0.533. The summed E-state index contributed by atoms with van der Waals surface area (Å²) in [6.07, 6.45) is 1.16. The highest BCUT2D eigenvalue weighted by Gasteiger charge is 2.33. The highest BCUT2D eigenvalue weighted by atomic mass is 32.1. The van der Waals surface area contributed by atoms with Crippen molar-refractivity contribution in [3.05, 3.63) is 17.0 Å². The Morgan fingerprint density at radius 3 is 2.91 bits per heavy atom. The first-order valence-electron chi connectivity index (χ1n) is 7.73. The number of carbonyl (C=O) groups is 2. The molecule has 2 aliphatic rings. The predicted octanol–water partition coefficient (Wildman–Crippen LogP) is 1.81. The van der Waals surface area contributed by atoms with E-state index in [-0.39, 0.29) is 18.0 Å². The van der Waals surface area contributed by atoms with Crippen molar-refractivity contribution < 1.29 is 14.3 Å². The third kappa shape index (κ3) is 3.17. The molecule has 1 aromatic rings. The molecule has 0 aliphatic carbocycles. The highest BCUT2D eigenvalue weighted by Crippen LogP contribution is 2.31. The number of hydrogen-bond donors (Lipinski definition) is 1. The van der Waals surface area contributed by atoms with Gasteiger partial charge in [-0.25, -0.2) is 9.79 Å². The predicted molar refractivity (Wildman–Crippen MR) is 88.3 cm³/mol. The lowest BCUT2D eigenvalue weighted by Gasteiger charge is -2.37. The Morgan fingerprint density at radius 2 is 2.22 bits per heavy atom. The van der Waals surface area contributed by atoms with Crippen LogP contribution in [-0.4, -0.2) is 59.9 Å². The van der Waals surface area contributed by atoms with Gasteiger partial charge in [-0.15, -0.1) is 11.3 Å². The average Bonchev–Trinajstić information content (AvgIpc) is 2.96. The van der Waals surface area contributed by atoms with E-state index < -0.39 is 0 Å². The van der Waals surface area contributed by atoms with Crippen LogP contribution in [0.1, 0.15) is 30.1 Å². The summed E-state index contributed by atoms with van der Waals surface area (Å²) in [7, 11) is 0. The van der Waals surface area contributed by atoms with E-state index in [1.54, 1.807) is 22.8 Å². The van der Waals surface area contributed by atoms with Gasteiger partial charge in [-0.1, -0.05) is 0 Å². The molecule has 0 bridgehead atoms. The van der Waals surface area contributed by atoms with E-state index in [9.17, 15) is 9.59 Å². The molecular weight excluding hydrogens is 316 g/mol. The van der Waals surface area contributed by atoms with Gasteiger partial charge in [-0.3, -0.25) is 4.79 Å². The Labute approximate surface area is 138 Å². The number of aliphatic imine (C=N–C) groups is 1. The number of hydrogen-bond acceptors (Lipinski definition) is 6. The lowest BCUT2D eigenvalue weighted by molar-refractivity contribution is 0.0579. The number of ether oxygens (including phenoxy) is 1. The molecule has 2 N–H and O–H groups in total. The SMILES string of the molecule is CCOC(=O)N1CCC(N2CC(N)=Nc3sccc3C2=O)CC1. The number of likely N-dealkylation sites (tertiary alicyclic amines) is 1. The third-order valence-electron chi connectivity index (χ3n) is 4.14. The van der Waals surface area contributed by atoms with Gasteiger partial charge in [0.05, 0.1) is 18.7 Å². The van der Waals surface area contributed by atoms with E-state index in [0.717, 1.165) is 12.8 Å². The molecule has 0 spiro atoms. The molecule has 0 radical (unpaired) electrons. The third-order valence-corrected chi connectivity index (χ3v) is 4.95. The summed E-state index contributed by atoms with van der Waals surface area (Å²) in [5, 5.41) is 2.53. The number of thiophene rings is 1. The molecule has 1 aromatic heterocycles. The molecule has 23 heavy (non-hydrogen) atoms. The van der Waals surface area contributed by atoms with Crippen molar-refractivity contribution in [1.82, 2.24) is 9.80 Å². The normalized spacial score (nSPS) is 19.2. The molecule has 3 heterocycles. The van der Waals surface area contributed by atoms with Gasteiger partial charge in [0.15, 0.2) is 0 Å². The van der Waals surface area contributed by atoms with Crippen LogP contribution in [0.25, 0.3) is 0 Å². The first-order chi connectivity index (χ1) is 11.1. The molecule has 7 nitrogen and oxygen atoms in total. The van der Waals surface area contributed by atoms with Crippen molar-refractivity contribution in [2.24, 2.45) is 10.7 Å². The Balaban J connectivity index is 1.70. The monoisotopic (exact) mass is 336 g/mol. The van der Waals surface area contributed by atoms with Crippen molar-refractivity contribution in [2.75, 3.05) is 26.2 Å². The van der Waals surface area contributed by atoms with Crippen LogP contribution in [0.2, 0.25) is 0 Å². The molecule has 0 saturated carbocycles. The molecule has 1 fully saturated rings. The molecule has 0 unspecified atom stereocenters. The number of piperidine rings is 1. The van der Waals surface area contributed by atoms with Crippen LogP contribution in [0, 0.1) is 0 Å². The van der Waals surface area contributed by atoms with E-state index in [0.29, 0.717) is 42.6 Å². The molecular formula is C15H20N4O3S.